The molecule has 3 rings (SSSR count). The number of hydrogen-bond donors (Lipinski definition) is 4. The highest BCUT2D eigenvalue weighted by molar-refractivity contribution is 7.85. The zero-order valence-corrected chi connectivity index (χ0v) is 23.5. The molecule has 0 saturated carbocycles. The van der Waals surface area contributed by atoms with Crippen molar-refractivity contribution in [2.45, 2.75) is 57.1 Å². The number of aliphatic hydroxyl groups excluding tert-OH is 2. The zero-order valence-electron chi connectivity index (χ0n) is 22.7. The van der Waals surface area contributed by atoms with Gasteiger partial charge in [-0.1, -0.05) is 26.2 Å². The lowest BCUT2D eigenvalue weighted by Crippen LogP contribution is -2.47. The number of esters is 1. The van der Waals surface area contributed by atoms with Crippen LogP contribution in [0.4, 0.5) is 5.69 Å². The quantitative estimate of drug-likeness (QED) is 0.110. The second kappa shape index (κ2) is 14.4. The maximum Gasteiger partial charge on any atom is 0.374 e. The van der Waals surface area contributed by atoms with Crippen LogP contribution in [0.2, 0.25) is 0 Å². The van der Waals surface area contributed by atoms with Crippen molar-refractivity contribution in [1.82, 2.24) is 4.72 Å². The first-order chi connectivity index (χ1) is 19.8. The molecule has 5 N–H and O–H groups in total. The molecule has 2 heterocycles. The standard InChI is InChI=1S/C26H31N3O12S/c1-3-15(2)22(27)25(32)28-42(36,37)39-14-21-24(31)23(30)19(41-21)12-13-38-26(33)20-11-10-18(40-20)9-6-16-4-7-17(8-5-16)29(34)35/h4-5,7-8,10-11,15,19,21-24,30-31H,3,12-14,27H2,1-2H3,(H,28,32). The highest BCUT2D eigenvalue weighted by Crippen LogP contribution is 2.24. The molecular formula is C26H31N3O12S. The van der Waals surface area contributed by atoms with Gasteiger partial charge in [-0.05, 0) is 36.1 Å². The number of amides is 1. The molecule has 228 valence electrons. The van der Waals surface area contributed by atoms with Crippen molar-refractivity contribution in [3.8, 4) is 11.8 Å². The van der Waals surface area contributed by atoms with Crippen LogP contribution in [-0.2, 0) is 28.8 Å². The zero-order chi connectivity index (χ0) is 31.0. The normalized spacial score (nSPS) is 21.5. The minimum Gasteiger partial charge on any atom is -0.460 e. The van der Waals surface area contributed by atoms with Gasteiger partial charge in [0.1, 0.15) is 18.3 Å². The number of nitrogens with two attached hydrogens (primary N) is 1. The van der Waals surface area contributed by atoms with Gasteiger partial charge in [0, 0.05) is 24.1 Å². The predicted octanol–water partition coefficient (Wildman–Crippen LogP) is 0.375. The summed E-state index contributed by atoms with van der Waals surface area (Å²) in [6.45, 7) is 2.53. The van der Waals surface area contributed by atoms with Gasteiger partial charge >= 0.3 is 16.3 Å². The summed E-state index contributed by atoms with van der Waals surface area (Å²) in [7, 11) is -4.56. The average molecular weight is 610 g/mol. The van der Waals surface area contributed by atoms with Crippen molar-refractivity contribution in [2.24, 2.45) is 11.7 Å². The SMILES string of the molecule is CCC(C)C(N)C(=O)NS(=O)(=O)OCC1OC(CCOC(=O)c2ccc(C#Cc3ccc([N+](=O)[O-])cc3)o2)C(O)C1O. The molecule has 1 fully saturated rings. The fourth-order valence-electron chi connectivity index (χ4n) is 3.75. The number of ether oxygens (including phenoxy) is 2. The minimum atomic E-state index is -4.56. The van der Waals surface area contributed by atoms with E-state index in [9.17, 15) is 38.3 Å². The van der Waals surface area contributed by atoms with Crippen LogP contribution < -0.4 is 10.5 Å². The van der Waals surface area contributed by atoms with Crippen LogP contribution in [0, 0.1) is 27.9 Å². The molecule has 15 nitrogen and oxygen atoms in total. The van der Waals surface area contributed by atoms with E-state index < -0.39 is 64.2 Å². The van der Waals surface area contributed by atoms with Gasteiger partial charge in [0.15, 0.2) is 5.76 Å². The third kappa shape index (κ3) is 8.82. The Morgan fingerprint density at radius 3 is 2.45 bits per heavy atom. The van der Waals surface area contributed by atoms with Crippen LogP contribution in [0.3, 0.4) is 0 Å². The van der Waals surface area contributed by atoms with Crippen molar-refractivity contribution in [2.75, 3.05) is 13.2 Å². The molecule has 1 aliphatic heterocycles. The van der Waals surface area contributed by atoms with Crippen LogP contribution >= 0.6 is 0 Å². The average Bonchev–Trinajstić information content (AvgIpc) is 3.54. The van der Waals surface area contributed by atoms with E-state index in [-0.39, 0.29) is 36.2 Å². The van der Waals surface area contributed by atoms with Crippen molar-refractivity contribution in [3.05, 3.63) is 63.6 Å². The van der Waals surface area contributed by atoms with Gasteiger partial charge in [-0.25, -0.2) is 9.52 Å². The van der Waals surface area contributed by atoms with Crippen molar-refractivity contribution in [3.63, 3.8) is 0 Å². The lowest BCUT2D eigenvalue weighted by Gasteiger charge is -2.18. The Bertz CT molecular complexity index is 1430. The number of aliphatic hydroxyl groups is 2. The molecule has 2 aromatic rings. The molecule has 1 aliphatic rings. The van der Waals surface area contributed by atoms with E-state index in [1.165, 1.54) is 36.4 Å². The molecule has 6 atom stereocenters. The number of nitro benzene ring substituents is 1. The number of rotatable bonds is 12. The summed E-state index contributed by atoms with van der Waals surface area (Å²) >= 11 is 0. The van der Waals surface area contributed by atoms with E-state index in [2.05, 4.69) is 11.8 Å². The first-order valence-corrected chi connectivity index (χ1v) is 14.2. The molecule has 16 heteroatoms. The smallest absolute Gasteiger partial charge is 0.374 e. The number of carbonyl (C=O) groups is 2. The van der Waals surface area contributed by atoms with E-state index in [4.69, 9.17) is 23.8 Å². The Morgan fingerprint density at radius 2 is 1.81 bits per heavy atom. The number of furan rings is 1. The van der Waals surface area contributed by atoms with E-state index >= 15 is 0 Å². The first kappa shape index (κ1) is 32.7. The van der Waals surface area contributed by atoms with Crippen molar-refractivity contribution in [1.29, 1.82) is 0 Å². The van der Waals surface area contributed by atoms with Crippen LogP contribution in [-0.4, -0.2) is 79.1 Å². The van der Waals surface area contributed by atoms with Gasteiger partial charge in [-0.15, -0.1) is 0 Å². The topological polar surface area (TPSA) is 231 Å². The number of non-ortho nitro benzene ring substituents is 1. The maximum absolute atomic E-state index is 12.3. The van der Waals surface area contributed by atoms with Gasteiger partial charge in [-0.3, -0.25) is 19.1 Å². The maximum atomic E-state index is 12.3. The molecule has 0 spiro atoms. The largest absolute Gasteiger partial charge is 0.460 e. The molecule has 42 heavy (non-hydrogen) atoms. The summed E-state index contributed by atoms with van der Waals surface area (Å²) in [5.41, 5.74) is 6.13. The van der Waals surface area contributed by atoms with E-state index in [1.54, 1.807) is 18.6 Å². The summed E-state index contributed by atoms with van der Waals surface area (Å²) in [4.78, 5) is 34.5. The summed E-state index contributed by atoms with van der Waals surface area (Å²) in [6, 6.07) is 7.27. The van der Waals surface area contributed by atoms with Gasteiger partial charge in [0.05, 0.1) is 30.3 Å². The number of nitrogens with one attached hydrogen (secondary N) is 1. The van der Waals surface area contributed by atoms with Crippen LogP contribution in [0.15, 0.2) is 40.8 Å². The van der Waals surface area contributed by atoms with Crippen LogP contribution in [0.5, 0.6) is 0 Å². The number of nitrogens with zero attached hydrogens (tertiary/aromatic N) is 1. The minimum absolute atomic E-state index is 0.0543. The second-order valence-electron chi connectivity index (χ2n) is 9.45. The summed E-state index contributed by atoms with van der Waals surface area (Å²) < 4.78 is 46.6. The third-order valence-corrected chi connectivity index (χ3v) is 7.38. The first-order valence-electron chi connectivity index (χ1n) is 12.8. The monoisotopic (exact) mass is 609 g/mol. The fourth-order valence-corrected chi connectivity index (χ4v) is 4.50. The van der Waals surface area contributed by atoms with Crippen LogP contribution in [0.1, 0.15) is 48.6 Å². The molecule has 0 bridgehead atoms. The Morgan fingerprint density at radius 1 is 1.14 bits per heavy atom. The van der Waals surface area contributed by atoms with Gasteiger partial charge in [0.2, 0.25) is 5.76 Å². The Labute approximate surface area is 241 Å². The molecule has 1 amide bonds. The fraction of sp³-hybridized carbons (Fsp3) is 0.462. The second-order valence-corrected chi connectivity index (χ2v) is 10.8. The predicted molar refractivity (Wildman–Crippen MR) is 144 cm³/mol. The molecule has 1 saturated heterocycles. The Hall–Kier alpha value is -3.85. The van der Waals surface area contributed by atoms with E-state index in [1.807, 2.05) is 0 Å². The van der Waals surface area contributed by atoms with Gasteiger partial charge in [0.25, 0.3) is 11.6 Å². The Balaban J connectivity index is 1.45. The molecule has 0 aliphatic carbocycles. The van der Waals surface area contributed by atoms with Crippen molar-refractivity contribution >= 4 is 27.9 Å². The highest BCUT2D eigenvalue weighted by atomic mass is 32.2. The molecule has 1 aromatic carbocycles. The Kier molecular flexibility index (Phi) is 11.2. The van der Waals surface area contributed by atoms with Crippen LogP contribution in [0.25, 0.3) is 0 Å². The lowest BCUT2D eigenvalue weighted by atomic mass is 10.00. The molecule has 0 radical (unpaired) electrons. The number of carbonyl (C=O) groups excluding carboxylic acids is 2. The third-order valence-electron chi connectivity index (χ3n) is 6.48. The molecule has 6 unspecified atom stereocenters. The van der Waals surface area contributed by atoms with Gasteiger partial charge < -0.3 is 29.8 Å². The summed E-state index contributed by atoms with van der Waals surface area (Å²) in [6.07, 6.45) is -4.72. The highest BCUT2D eigenvalue weighted by Gasteiger charge is 2.43. The van der Waals surface area contributed by atoms with E-state index in [0.717, 1.165) is 0 Å². The summed E-state index contributed by atoms with van der Waals surface area (Å²) in [5, 5.41) is 31.2. The molecule has 1 aromatic heterocycles. The van der Waals surface area contributed by atoms with E-state index in [0.29, 0.717) is 12.0 Å². The number of benzene rings is 1. The number of hydrogen-bond acceptors (Lipinski definition) is 13. The van der Waals surface area contributed by atoms with Crippen molar-refractivity contribution < 1.29 is 51.2 Å². The number of nitro groups is 1. The van der Waals surface area contributed by atoms with Gasteiger partial charge in [-0.2, -0.15) is 8.42 Å². The summed E-state index contributed by atoms with van der Waals surface area (Å²) in [5.74, 6) is 3.39. The molecular weight excluding hydrogens is 578 g/mol. The lowest BCUT2D eigenvalue weighted by molar-refractivity contribution is -0.384.